The van der Waals surface area contributed by atoms with Crippen LogP contribution in [0.3, 0.4) is 0 Å². The lowest BCUT2D eigenvalue weighted by Gasteiger charge is -1.93. The predicted octanol–water partition coefficient (Wildman–Crippen LogP) is 1.21. The molecular weight excluding hydrogens is 151 g/mol. The van der Waals surface area contributed by atoms with Crippen molar-refractivity contribution in [2.24, 2.45) is 0 Å². The molecule has 10 heavy (non-hydrogen) atoms. The fraction of sp³-hybridized carbons (Fsp3) is 0.833. The molecule has 0 aliphatic carbocycles. The van der Waals surface area contributed by atoms with Crippen molar-refractivity contribution >= 4 is 14.3 Å². The quantitative estimate of drug-likeness (QED) is 0.364. The molecule has 0 aromatic heterocycles. The normalized spacial score (nSPS) is 12.9. The molecule has 0 fully saturated rings. The SMILES string of the molecule is O=CCCCCC[PH](=O)O. The average molecular weight is 164 g/mol. The maximum atomic E-state index is 10.1. The van der Waals surface area contributed by atoms with Crippen LogP contribution in [0, 0.1) is 0 Å². The summed E-state index contributed by atoms with van der Waals surface area (Å²) in [7, 11) is -2.26. The zero-order chi connectivity index (χ0) is 7.82. The van der Waals surface area contributed by atoms with E-state index in [0.717, 1.165) is 25.5 Å². The number of carbonyl (C=O) groups is 1. The molecule has 3 nitrogen and oxygen atoms in total. The summed E-state index contributed by atoms with van der Waals surface area (Å²) in [6.45, 7) is 0. The van der Waals surface area contributed by atoms with Crippen molar-refractivity contribution in [2.45, 2.75) is 25.7 Å². The Morgan fingerprint density at radius 3 is 2.50 bits per heavy atom. The van der Waals surface area contributed by atoms with Gasteiger partial charge in [-0.1, -0.05) is 6.42 Å². The van der Waals surface area contributed by atoms with E-state index < -0.39 is 8.03 Å². The highest BCUT2D eigenvalue weighted by atomic mass is 31.1. The smallest absolute Gasteiger partial charge is 0.189 e. The molecule has 0 spiro atoms. The van der Waals surface area contributed by atoms with E-state index in [1.807, 2.05) is 0 Å². The second-order valence-corrected chi connectivity index (χ2v) is 3.45. The zero-order valence-corrected chi connectivity index (χ0v) is 6.88. The molecule has 1 N–H and O–H groups in total. The van der Waals surface area contributed by atoms with Crippen molar-refractivity contribution in [3.63, 3.8) is 0 Å². The van der Waals surface area contributed by atoms with Gasteiger partial charge in [-0.05, 0) is 12.8 Å². The Labute approximate surface area is 61.3 Å². The molecule has 0 aliphatic heterocycles. The van der Waals surface area contributed by atoms with Crippen molar-refractivity contribution in [3.8, 4) is 0 Å². The third-order valence-corrected chi connectivity index (χ3v) is 1.99. The Morgan fingerprint density at radius 2 is 2.00 bits per heavy atom. The lowest BCUT2D eigenvalue weighted by molar-refractivity contribution is -0.107. The van der Waals surface area contributed by atoms with Gasteiger partial charge in [0.15, 0.2) is 8.03 Å². The molecule has 0 radical (unpaired) electrons. The van der Waals surface area contributed by atoms with Gasteiger partial charge in [-0.15, -0.1) is 0 Å². The molecule has 60 valence electrons. The van der Waals surface area contributed by atoms with Crippen LogP contribution < -0.4 is 0 Å². The summed E-state index contributed by atoms with van der Waals surface area (Å²) in [5.41, 5.74) is 0. The van der Waals surface area contributed by atoms with Gasteiger partial charge >= 0.3 is 0 Å². The van der Waals surface area contributed by atoms with Crippen LogP contribution in [-0.2, 0) is 9.36 Å². The van der Waals surface area contributed by atoms with Gasteiger partial charge in [-0.2, -0.15) is 0 Å². The molecule has 1 atom stereocenters. The number of rotatable bonds is 6. The van der Waals surface area contributed by atoms with Gasteiger partial charge in [0.2, 0.25) is 0 Å². The van der Waals surface area contributed by atoms with Crippen LogP contribution in [0.4, 0.5) is 0 Å². The Morgan fingerprint density at radius 1 is 1.30 bits per heavy atom. The van der Waals surface area contributed by atoms with E-state index >= 15 is 0 Å². The molecule has 1 unspecified atom stereocenters. The Kier molecular flexibility index (Phi) is 6.88. The van der Waals surface area contributed by atoms with Crippen LogP contribution in [0.5, 0.6) is 0 Å². The van der Waals surface area contributed by atoms with Crippen molar-refractivity contribution in [1.82, 2.24) is 0 Å². The second-order valence-electron chi connectivity index (χ2n) is 2.16. The predicted molar refractivity (Wildman–Crippen MR) is 40.6 cm³/mol. The topological polar surface area (TPSA) is 54.4 Å². The van der Waals surface area contributed by atoms with Gasteiger partial charge < -0.3 is 9.69 Å². The highest BCUT2D eigenvalue weighted by Crippen LogP contribution is 2.15. The monoisotopic (exact) mass is 164 g/mol. The lowest BCUT2D eigenvalue weighted by atomic mass is 10.2. The third kappa shape index (κ3) is 7.86. The molecule has 0 rings (SSSR count). The first-order chi connectivity index (χ1) is 4.77. The fourth-order valence-electron chi connectivity index (χ4n) is 0.681. The lowest BCUT2D eigenvalue weighted by Crippen LogP contribution is -1.81. The highest BCUT2D eigenvalue weighted by Gasteiger charge is 1.92. The Bertz CT molecular complexity index is 114. The summed E-state index contributed by atoms with van der Waals surface area (Å²) in [4.78, 5) is 18.2. The minimum atomic E-state index is -2.26. The Hall–Kier alpha value is -0.140. The van der Waals surface area contributed by atoms with Crippen molar-refractivity contribution in [2.75, 3.05) is 6.16 Å². The summed E-state index contributed by atoms with van der Waals surface area (Å²) in [6, 6.07) is 0. The summed E-state index contributed by atoms with van der Waals surface area (Å²) in [6.07, 6.45) is 4.36. The van der Waals surface area contributed by atoms with Gasteiger partial charge in [-0.3, -0.25) is 4.57 Å². The molecule has 0 aromatic rings. The van der Waals surface area contributed by atoms with E-state index in [2.05, 4.69) is 0 Å². The summed E-state index contributed by atoms with van der Waals surface area (Å²) < 4.78 is 10.1. The van der Waals surface area contributed by atoms with Crippen LogP contribution in [-0.4, -0.2) is 17.3 Å². The summed E-state index contributed by atoms with van der Waals surface area (Å²) in [5.74, 6) is 0. The first kappa shape index (κ1) is 9.86. The van der Waals surface area contributed by atoms with Crippen molar-refractivity contribution < 1.29 is 14.3 Å². The van der Waals surface area contributed by atoms with Gasteiger partial charge in [-0.25, -0.2) is 0 Å². The summed E-state index contributed by atoms with van der Waals surface area (Å²) >= 11 is 0. The van der Waals surface area contributed by atoms with E-state index in [4.69, 9.17) is 4.89 Å². The van der Waals surface area contributed by atoms with Gasteiger partial charge in [0.05, 0.1) is 0 Å². The molecule has 4 heteroatoms. The van der Waals surface area contributed by atoms with Crippen LogP contribution in [0.25, 0.3) is 0 Å². The highest BCUT2D eigenvalue weighted by molar-refractivity contribution is 7.37. The van der Waals surface area contributed by atoms with Crippen molar-refractivity contribution in [1.29, 1.82) is 0 Å². The second kappa shape index (κ2) is 6.97. The molecule has 0 aromatic carbocycles. The number of hydrogen-bond donors (Lipinski definition) is 1. The Balaban J connectivity index is 2.90. The van der Waals surface area contributed by atoms with Crippen LogP contribution in [0.15, 0.2) is 0 Å². The van der Waals surface area contributed by atoms with E-state index in [0.29, 0.717) is 12.6 Å². The fourth-order valence-corrected chi connectivity index (χ4v) is 1.23. The molecule has 0 bridgehead atoms. The minimum Gasteiger partial charge on any atom is -0.346 e. The molecule has 0 saturated heterocycles. The number of hydrogen-bond acceptors (Lipinski definition) is 2. The van der Waals surface area contributed by atoms with Crippen LogP contribution >= 0.6 is 8.03 Å². The summed E-state index contributed by atoms with van der Waals surface area (Å²) in [5, 5.41) is 0. The maximum absolute atomic E-state index is 10.1. The largest absolute Gasteiger partial charge is 0.346 e. The number of unbranched alkanes of at least 4 members (excludes halogenated alkanes) is 3. The molecule has 0 saturated carbocycles. The van der Waals surface area contributed by atoms with E-state index in [1.165, 1.54) is 0 Å². The van der Waals surface area contributed by atoms with Crippen LogP contribution in [0.1, 0.15) is 25.7 Å². The van der Waals surface area contributed by atoms with Gasteiger partial charge in [0.1, 0.15) is 6.29 Å². The van der Waals surface area contributed by atoms with E-state index in [9.17, 15) is 9.36 Å². The van der Waals surface area contributed by atoms with Gasteiger partial charge in [0, 0.05) is 12.6 Å². The van der Waals surface area contributed by atoms with Crippen LogP contribution in [0.2, 0.25) is 0 Å². The minimum absolute atomic E-state index is 0.406. The van der Waals surface area contributed by atoms with Crippen molar-refractivity contribution in [3.05, 3.63) is 0 Å². The zero-order valence-electron chi connectivity index (χ0n) is 5.88. The van der Waals surface area contributed by atoms with Gasteiger partial charge in [0.25, 0.3) is 0 Å². The molecular formula is C6H13O3P. The number of aldehydes is 1. The third-order valence-electron chi connectivity index (χ3n) is 1.21. The molecule has 0 aliphatic rings. The van der Waals surface area contributed by atoms with E-state index in [-0.39, 0.29) is 0 Å². The first-order valence-corrected chi connectivity index (χ1v) is 4.99. The average Bonchev–Trinajstić information content (AvgIpc) is 1.87. The maximum Gasteiger partial charge on any atom is 0.189 e. The molecule has 0 heterocycles. The molecule has 0 amide bonds. The standard InChI is InChI=1S/C6H13O3P/c7-5-3-1-2-4-6-10(8)9/h5,10H,1-4,6H2,(H,8,9). The number of carbonyl (C=O) groups excluding carboxylic acids is 1. The van der Waals surface area contributed by atoms with E-state index in [1.54, 1.807) is 0 Å². The first-order valence-electron chi connectivity index (χ1n) is 3.43.